The highest BCUT2D eigenvalue weighted by Crippen LogP contribution is 2.14. The molecule has 0 spiro atoms. The number of nitrogens with one attached hydrogen (secondary N) is 2. The molecule has 1 fully saturated rings. The molecule has 160 valence electrons. The maximum Gasteiger partial charge on any atom is 0.277 e. The molecule has 0 aliphatic carbocycles. The first-order valence-corrected chi connectivity index (χ1v) is 10.1. The molecule has 2 N–H and O–H groups in total. The summed E-state index contributed by atoms with van der Waals surface area (Å²) in [7, 11) is 0. The third-order valence-electron chi connectivity index (χ3n) is 5.04. The largest absolute Gasteiger partial charge is 0.467 e. The summed E-state index contributed by atoms with van der Waals surface area (Å²) in [5.41, 5.74) is 1.48. The van der Waals surface area contributed by atoms with Crippen molar-refractivity contribution in [2.24, 2.45) is 5.92 Å². The van der Waals surface area contributed by atoms with Crippen molar-refractivity contribution in [2.75, 3.05) is 31.6 Å². The molecule has 0 aromatic carbocycles. The number of aromatic amines is 1. The number of rotatable bonds is 6. The molecule has 10 heteroatoms. The monoisotopic (exact) mass is 414 g/mol. The van der Waals surface area contributed by atoms with Gasteiger partial charge in [0, 0.05) is 18.7 Å². The van der Waals surface area contributed by atoms with Gasteiger partial charge in [-0.2, -0.15) is 9.50 Å². The van der Waals surface area contributed by atoms with E-state index >= 15 is 0 Å². The van der Waals surface area contributed by atoms with Gasteiger partial charge in [0.1, 0.15) is 12.0 Å². The zero-order chi connectivity index (χ0) is 21.3. The minimum Gasteiger partial charge on any atom is -0.467 e. The van der Waals surface area contributed by atoms with E-state index in [4.69, 9.17) is 9.15 Å². The highest BCUT2D eigenvalue weighted by molar-refractivity contribution is 6.03. The van der Waals surface area contributed by atoms with Crippen molar-refractivity contribution >= 4 is 17.6 Å². The number of amides is 1. The van der Waals surface area contributed by atoms with Gasteiger partial charge >= 0.3 is 0 Å². The maximum atomic E-state index is 12.8. The summed E-state index contributed by atoms with van der Waals surface area (Å²) in [4.78, 5) is 36.2. The van der Waals surface area contributed by atoms with Crippen molar-refractivity contribution in [1.29, 1.82) is 0 Å². The molecular weight excluding hydrogens is 388 g/mol. The number of carbonyl (C=O) groups excluding carboxylic acids is 1. The smallest absolute Gasteiger partial charge is 0.277 e. The minimum atomic E-state index is -0.377. The number of hydrogen-bond acceptors (Lipinski definition) is 7. The maximum absolute atomic E-state index is 12.8. The lowest BCUT2D eigenvalue weighted by Gasteiger charge is -2.25. The lowest BCUT2D eigenvalue weighted by molar-refractivity contribution is 0.0313. The fourth-order valence-corrected chi connectivity index (χ4v) is 3.50. The molecule has 3 aromatic heterocycles. The van der Waals surface area contributed by atoms with Gasteiger partial charge in [0.05, 0.1) is 31.0 Å². The fourth-order valence-electron chi connectivity index (χ4n) is 3.50. The Bertz CT molecular complexity index is 1110. The Balaban J connectivity index is 1.49. The summed E-state index contributed by atoms with van der Waals surface area (Å²) < 4.78 is 12.1. The van der Waals surface area contributed by atoms with Gasteiger partial charge in [0.15, 0.2) is 0 Å². The van der Waals surface area contributed by atoms with E-state index in [9.17, 15) is 9.59 Å². The Labute approximate surface area is 173 Å². The number of fused-ring (bicyclic) bond motifs is 1. The molecule has 3 aromatic rings. The van der Waals surface area contributed by atoms with Gasteiger partial charge in [0.2, 0.25) is 5.95 Å². The minimum absolute atomic E-state index is 0.154. The molecule has 4 heterocycles. The average Bonchev–Trinajstić information content (AvgIpc) is 3.33. The molecule has 0 unspecified atom stereocenters. The van der Waals surface area contributed by atoms with Crippen molar-refractivity contribution < 1.29 is 13.9 Å². The van der Waals surface area contributed by atoms with Crippen LogP contribution >= 0.6 is 0 Å². The van der Waals surface area contributed by atoms with Crippen molar-refractivity contribution in [3.8, 4) is 0 Å². The lowest BCUT2D eigenvalue weighted by Crippen LogP contribution is -2.35. The van der Waals surface area contributed by atoms with Gasteiger partial charge in [-0.3, -0.25) is 24.9 Å². The number of H-pyrrole nitrogens is 1. The Morgan fingerprint density at radius 2 is 2.07 bits per heavy atom. The number of nitrogens with zero attached hydrogens (tertiary/aromatic N) is 4. The van der Waals surface area contributed by atoms with Crippen molar-refractivity contribution in [2.45, 2.75) is 33.7 Å². The Hall–Kier alpha value is -2.98. The quantitative estimate of drug-likeness (QED) is 0.629. The molecule has 1 saturated heterocycles. The Morgan fingerprint density at radius 3 is 2.80 bits per heavy atom. The number of furan rings is 1. The van der Waals surface area contributed by atoms with Gasteiger partial charge in [-0.05, 0) is 25.3 Å². The van der Waals surface area contributed by atoms with Crippen LogP contribution in [0.3, 0.4) is 0 Å². The molecule has 0 atom stereocenters. The molecule has 30 heavy (non-hydrogen) atoms. The number of aromatic nitrogens is 4. The number of carbonyl (C=O) groups is 1. The summed E-state index contributed by atoms with van der Waals surface area (Å²) >= 11 is 0. The van der Waals surface area contributed by atoms with Crippen LogP contribution in [0.4, 0.5) is 5.95 Å². The van der Waals surface area contributed by atoms with Gasteiger partial charge in [-0.15, -0.1) is 0 Å². The van der Waals surface area contributed by atoms with E-state index in [1.165, 1.54) is 10.8 Å². The third kappa shape index (κ3) is 4.29. The van der Waals surface area contributed by atoms with Crippen LogP contribution in [0.2, 0.25) is 0 Å². The second-order valence-electron chi connectivity index (χ2n) is 7.93. The van der Waals surface area contributed by atoms with E-state index in [1.54, 1.807) is 13.0 Å². The first-order valence-electron chi connectivity index (χ1n) is 10.1. The molecule has 4 rings (SSSR count). The number of anilines is 1. The topological polar surface area (TPSA) is 118 Å². The van der Waals surface area contributed by atoms with E-state index in [0.717, 1.165) is 13.1 Å². The zero-order valence-electron chi connectivity index (χ0n) is 17.4. The Kier molecular flexibility index (Phi) is 5.69. The fraction of sp³-hybridized carbons (Fsp3) is 0.500. The summed E-state index contributed by atoms with van der Waals surface area (Å²) in [5, 5.41) is 5.50. The second kappa shape index (κ2) is 8.41. The normalized spacial score (nSPS) is 15.2. The molecule has 10 nitrogen and oxygen atoms in total. The number of ether oxygens (including phenoxy) is 1. The van der Waals surface area contributed by atoms with Gasteiger partial charge < -0.3 is 9.15 Å². The van der Waals surface area contributed by atoms with Gasteiger partial charge in [-0.1, -0.05) is 13.8 Å². The van der Waals surface area contributed by atoms with E-state index in [1.807, 2.05) is 13.8 Å². The predicted molar refractivity (Wildman–Crippen MR) is 110 cm³/mol. The standard InChI is InChI=1S/C20H26N6O4/c1-12(2)8-16-13(3)21-20-23-19(24-26(20)18(16)28)22-17(27)14-9-15(30-11-14)10-25-4-6-29-7-5-25/h9,11-12H,4-8,10H2,1-3H3,(H2,21,22,23,24,27). The van der Waals surface area contributed by atoms with Crippen LogP contribution in [0.1, 0.15) is 41.2 Å². The van der Waals surface area contributed by atoms with E-state index < -0.39 is 0 Å². The summed E-state index contributed by atoms with van der Waals surface area (Å²) in [6.45, 7) is 9.58. The van der Waals surface area contributed by atoms with Gasteiger partial charge in [-0.25, -0.2) is 4.98 Å². The highest BCUT2D eigenvalue weighted by atomic mass is 16.5. The zero-order valence-corrected chi connectivity index (χ0v) is 17.4. The van der Waals surface area contributed by atoms with Crippen molar-refractivity contribution in [1.82, 2.24) is 24.5 Å². The molecule has 0 bridgehead atoms. The summed E-state index contributed by atoms with van der Waals surface area (Å²) in [6, 6.07) is 1.71. The molecular formula is C20H26N6O4. The summed E-state index contributed by atoms with van der Waals surface area (Å²) in [5.74, 6) is 1.03. The molecule has 0 saturated carbocycles. The first-order chi connectivity index (χ1) is 14.4. The first kappa shape index (κ1) is 20.3. The van der Waals surface area contributed by atoms with Crippen LogP contribution in [0, 0.1) is 12.8 Å². The molecule has 1 aliphatic rings. The van der Waals surface area contributed by atoms with E-state index in [2.05, 4.69) is 25.3 Å². The second-order valence-corrected chi connectivity index (χ2v) is 7.93. The third-order valence-corrected chi connectivity index (χ3v) is 5.04. The Morgan fingerprint density at radius 1 is 1.30 bits per heavy atom. The number of morpholine rings is 1. The van der Waals surface area contributed by atoms with Crippen LogP contribution in [-0.2, 0) is 17.7 Å². The highest BCUT2D eigenvalue weighted by Gasteiger charge is 2.18. The van der Waals surface area contributed by atoms with Crippen LogP contribution in [0.5, 0.6) is 0 Å². The van der Waals surface area contributed by atoms with E-state index in [0.29, 0.717) is 54.7 Å². The van der Waals surface area contributed by atoms with Crippen LogP contribution < -0.4 is 10.9 Å². The molecule has 1 amide bonds. The molecule has 1 aliphatic heterocycles. The average molecular weight is 414 g/mol. The van der Waals surface area contributed by atoms with Crippen molar-refractivity contribution in [3.05, 3.63) is 45.3 Å². The van der Waals surface area contributed by atoms with Crippen LogP contribution in [-0.4, -0.2) is 56.7 Å². The lowest BCUT2D eigenvalue weighted by atomic mass is 10.0. The number of aryl methyl sites for hydroxylation is 1. The van der Waals surface area contributed by atoms with Crippen LogP contribution in [0.15, 0.2) is 21.5 Å². The van der Waals surface area contributed by atoms with Crippen molar-refractivity contribution in [3.63, 3.8) is 0 Å². The SMILES string of the molecule is Cc1nc2nc(NC(=O)c3coc(CN4CCOCC4)c3)[nH]n2c(=O)c1CC(C)C. The van der Waals surface area contributed by atoms with Gasteiger partial charge in [0.25, 0.3) is 17.2 Å². The summed E-state index contributed by atoms with van der Waals surface area (Å²) in [6.07, 6.45) is 2.05. The number of hydrogen-bond donors (Lipinski definition) is 2. The molecule has 0 radical (unpaired) electrons. The predicted octanol–water partition coefficient (Wildman–Crippen LogP) is 1.60. The van der Waals surface area contributed by atoms with Crippen LogP contribution in [0.25, 0.3) is 5.78 Å². The van der Waals surface area contributed by atoms with E-state index in [-0.39, 0.29) is 23.2 Å².